The van der Waals surface area contributed by atoms with Gasteiger partial charge in [0.1, 0.15) is 6.04 Å². The average Bonchev–Trinajstić information content (AvgIpc) is 2.88. The van der Waals surface area contributed by atoms with E-state index in [9.17, 15) is 19.1 Å². The number of aliphatic hydroxyl groups is 1. The van der Waals surface area contributed by atoms with E-state index in [-0.39, 0.29) is 44.1 Å². The SMILES string of the molecule is C#CC[C@@H]1NC(=O)CCCCOc2ccc(cc2F)C[C@@H]([C@H](O)CNCc2cncc(CC)c2)NC1=O. The van der Waals surface area contributed by atoms with Gasteiger partial charge >= 0.3 is 0 Å². The summed E-state index contributed by atoms with van der Waals surface area (Å²) >= 11 is 0. The number of nitrogens with zero attached hydrogens (tertiary/aromatic N) is 1. The third-order valence-electron chi connectivity index (χ3n) is 6.22. The van der Waals surface area contributed by atoms with Gasteiger partial charge in [0.15, 0.2) is 11.6 Å². The third kappa shape index (κ3) is 8.85. The van der Waals surface area contributed by atoms with Gasteiger partial charge in [-0.25, -0.2) is 4.39 Å². The number of fused-ring (bicyclic) bond motifs is 13. The van der Waals surface area contributed by atoms with Crippen LogP contribution < -0.4 is 20.7 Å². The number of rotatable bonds is 7. The fraction of sp³-hybridized carbons (Fsp3) is 0.464. The predicted molar refractivity (Wildman–Crippen MR) is 138 cm³/mol. The molecular weight excluding hydrogens is 475 g/mol. The summed E-state index contributed by atoms with van der Waals surface area (Å²) < 4.78 is 20.2. The van der Waals surface area contributed by atoms with E-state index in [1.54, 1.807) is 18.3 Å². The zero-order chi connectivity index (χ0) is 26.6. The van der Waals surface area contributed by atoms with E-state index in [4.69, 9.17) is 11.2 Å². The monoisotopic (exact) mass is 510 g/mol. The Morgan fingerprint density at radius 2 is 2.05 bits per heavy atom. The van der Waals surface area contributed by atoms with Gasteiger partial charge in [0.25, 0.3) is 0 Å². The summed E-state index contributed by atoms with van der Waals surface area (Å²) in [6.45, 7) is 2.96. The fourth-order valence-electron chi connectivity index (χ4n) is 4.11. The van der Waals surface area contributed by atoms with Gasteiger partial charge < -0.3 is 25.8 Å². The van der Waals surface area contributed by atoms with Crippen molar-refractivity contribution >= 4 is 11.8 Å². The van der Waals surface area contributed by atoms with Crippen LogP contribution in [0.15, 0.2) is 36.7 Å². The fourth-order valence-corrected chi connectivity index (χ4v) is 4.11. The summed E-state index contributed by atoms with van der Waals surface area (Å²) in [5, 5.41) is 19.7. The third-order valence-corrected chi connectivity index (χ3v) is 6.22. The molecule has 8 nitrogen and oxygen atoms in total. The molecule has 0 unspecified atom stereocenters. The molecule has 2 aromatic rings. The highest BCUT2D eigenvalue weighted by Crippen LogP contribution is 2.20. The minimum atomic E-state index is -1.01. The van der Waals surface area contributed by atoms with Crippen molar-refractivity contribution in [3.8, 4) is 18.1 Å². The summed E-state index contributed by atoms with van der Waals surface area (Å²) in [7, 11) is 0. The van der Waals surface area contributed by atoms with Gasteiger partial charge in [-0.05, 0) is 54.5 Å². The molecule has 2 amide bonds. The molecule has 0 aliphatic carbocycles. The maximum atomic E-state index is 14.6. The average molecular weight is 511 g/mol. The van der Waals surface area contributed by atoms with Crippen LogP contribution in [-0.4, -0.2) is 53.2 Å². The molecule has 3 atom stereocenters. The van der Waals surface area contributed by atoms with E-state index in [1.807, 2.05) is 12.3 Å². The number of carbonyl (C=O) groups is 2. The van der Waals surface area contributed by atoms with Crippen LogP contribution in [0.25, 0.3) is 0 Å². The molecule has 198 valence electrons. The number of pyridine rings is 1. The molecule has 2 aliphatic heterocycles. The van der Waals surface area contributed by atoms with E-state index in [2.05, 4.69) is 33.8 Å². The number of halogens is 1. The van der Waals surface area contributed by atoms with Crippen LogP contribution in [0.4, 0.5) is 4.39 Å². The minimum absolute atomic E-state index is 0.00580. The number of ether oxygens (including phenoxy) is 1. The molecule has 1 aromatic heterocycles. The Labute approximate surface area is 217 Å². The highest BCUT2D eigenvalue weighted by molar-refractivity contribution is 5.88. The Balaban J connectivity index is 1.77. The maximum Gasteiger partial charge on any atom is 0.243 e. The van der Waals surface area contributed by atoms with Crippen LogP contribution in [0.2, 0.25) is 0 Å². The van der Waals surface area contributed by atoms with Gasteiger partial charge in [0.2, 0.25) is 11.8 Å². The first kappa shape index (κ1) is 28.1. The lowest BCUT2D eigenvalue weighted by molar-refractivity contribution is -0.129. The second-order valence-electron chi connectivity index (χ2n) is 9.17. The van der Waals surface area contributed by atoms with Crippen LogP contribution in [0.5, 0.6) is 5.75 Å². The Bertz CT molecular complexity index is 1100. The smallest absolute Gasteiger partial charge is 0.243 e. The van der Waals surface area contributed by atoms with Crippen LogP contribution in [0.3, 0.4) is 0 Å². The first-order chi connectivity index (χ1) is 17.9. The largest absolute Gasteiger partial charge is 0.491 e. The topological polar surface area (TPSA) is 113 Å². The van der Waals surface area contributed by atoms with Crippen molar-refractivity contribution in [3.63, 3.8) is 0 Å². The molecule has 2 bridgehead atoms. The van der Waals surface area contributed by atoms with Crippen molar-refractivity contribution in [1.82, 2.24) is 20.9 Å². The lowest BCUT2D eigenvalue weighted by Gasteiger charge is -2.27. The van der Waals surface area contributed by atoms with Gasteiger partial charge in [-0.3, -0.25) is 14.6 Å². The van der Waals surface area contributed by atoms with Gasteiger partial charge in [0, 0.05) is 38.3 Å². The number of amides is 2. The molecule has 0 radical (unpaired) electrons. The second kappa shape index (κ2) is 14.3. The first-order valence-electron chi connectivity index (χ1n) is 12.7. The molecule has 37 heavy (non-hydrogen) atoms. The molecule has 2 aliphatic rings. The number of benzene rings is 1. The van der Waals surface area contributed by atoms with Crippen LogP contribution in [0.1, 0.15) is 49.3 Å². The van der Waals surface area contributed by atoms with Crippen molar-refractivity contribution in [2.24, 2.45) is 0 Å². The number of hydrogen-bond acceptors (Lipinski definition) is 6. The van der Waals surface area contributed by atoms with Crippen molar-refractivity contribution in [3.05, 3.63) is 59.2 Å². The number of aliphatic hydroxyl groups excluding tert-OH is 1. The number of aryl methyl sites for hydroxylation is 1. The molecule has 0 fully saturated rings. The standard InChI is InChI=1S/C28H35FN4O4/c1-3-7-23-28(36)33-24(25(34)18-31-17-21-12-19(4-2)15-30-16-21)14-20-9-10-26(22(29)13-20)37-11-6-5-8-27(35)32-23/h1,9-10,12-13,15-16,23-25,31,34H,4-8,11,14,17-18H2,2H3,(H,32,35)(H,33,36)/t23-,24-,25+/m0/s1. The highest BCUT2D eigenvalue weighted by atomic mass is 19.1. The molecule has 0 saturated heterocycles. The van der Waals surface area contributed by atoms with Crippen LogP contribution in [-0.2, 0) is 29.0 Å². The second-order valence-corrected chi connectivity index (χ2v) is 9.17. The van der Waals surface area contributed by atoms with Gasteiger partial charge in [-0.1, -0.05) is 19.1 Å². The number of carbonyl (C=O) groups excluding carboxylic acids is 2. The molecule has 4 rings (SSSR count). The van der Waals surface area contributed by atoms with Crippen LogP contribution >= 0.6 is 0 Å². The summed E-state index contributed by atoms with van der Waals surface area (Å²) in [5.41, 5.74) is 2.67. The van der Waals surface area contributed by atoms with E-state index < -0.39 is 29.9 Å². The van der Waals surface area contributed by atoms with Crippen molar-refractivity contribution in [2.75, 3.05) is 13.2 Å². The zero-order valence-electron chi connectivity index (χ0n) is 21.1. The normalized spacial score (nSPS) is 19.8. The number of hydrogen-bond donors (Lipinski definition) is 4. The van der Waals surface area contributed by atoms with E-state index >= 15 is 0 Å². The molecular formula is C28H35FN4O4. The summed E-state index contributed by atoms with van der Waals surface area (Å²) in [6, 6.07) is 4.94. The molecule has 9 heteroatoms. The van der Waals surface area contributed by atoms with Gasteiger partial charge in [0.05, 0.1) is 18.8 Å². The van der Waals surface area contributed by atoms with Crippen molar-refractivity contribution in [2.45, 2.75) is 70.2 Å². The molecule has 3 heterocycles. The Hall–Kier alpha value is -3.48. The molecule has 0 saturated carbocycles. The first-order valence-corrected chi connectivity index (χ1v) is 12.7. The number of aromatic nitrogens is 1. The predicted octanol–water partition coefficient (Wildman–Crippen LogP) is 2.03. The van der Waals surface area contributed by atoms with E-state index in [0.29, 0.717) is 24.9 Å². The van der Waals surface area contributed by atoms with E-state index in [1.165, 1.54) is 6.07 Å². The zero-order valence-corrected chi connectivity index (χ0v) is 21.1. The summed E-state index contributed by atoms with van der Waals surface area (Å²) in [6.07, 6.45) is 10.3. The van der Waals surface area contributed by atoms with Crippen molar-refractivity contribution in [1.29, 1.82) is 0 Å². The Morgan fingerprint density at radius 3 is 2.81 bits per heavy atom. The number of terminal acetylenes is 1. The maximum absolute atomic E-state index is 14.6. The molecule has 1 aromatic carbocycles. The Morgan fingerprint density at radius 1 is 1.24 bits per heavy atom. The summed E-state index contributed by atoms with van der Waals surface area (Å²) in [4.78, 5) is 29.7. The lowest BCUT2D eigenvalue weighted by atomic mass is 9.99. The van der Waals surface area contributed by atoms with Gasteiger partial charge in [-0.15, -0.1) is 12.3 Å². The quantitative estimate of drug-likeness (QED) is 0.424. The summed E-state index contributed by atoms with van der Waals surface area (Å²) in [5.74, 6) is 1.23. The minimum Gasteiger partial charge on any atom is -0.491 e. The van der Waals surface area contributed by atoms with Gasteiger partial charge in [-0.2, -0.15) is 0 Å². The highest BCUT2D eigenvalue weighted by Gasteiger charge is 2.27. The van der Waals surface area contributed by atoms with E-state index in [0.717, 1.165) is 17.5 Å². The Kier molecular flexibility index (Phi) is 10.9. The van der Waals surface area contributed by atoms with Crippen LogP contribution in [0, 0.1) is 18.2 Å². The molecule has 4 N–H and O–H groups in total. The van der Waals surface area contributed by atoms with Crippen molar-refractivity contribution < 1.29 is 23.8 Å². The molecule has 0 spiro atoms. The lowest BCUT2D eigenvalue weighted by Crippen LogP contribution is -2.54. The number of nitrogens with one attached hydrogen (secondary N) is 3.